The Balaban J connectivity index is 2.15. The summed E-state index contributed by atoms with van der Waals surface area (Å²) < 4.78 is 0. The summed E-state index contributed by atoms with van der Waals surface area (Å²) in [5.41, 5.74) is 3.11. The maximum atomic E-state index is 3.62. The molecule has 1 heteroatoms. The molecule has 0 spiro atoms. The lowest BCUT2D eigenvalue weighted by Gasteiger charge is -2.46. The minimum atomic E-state index is 0.212. The highest BCUT2D eigenvalue weighted by molar-refractivity contribution is 5.60. The standard InChI is InChI=1S/C15H19N/c1-16-15-11-5-4-7-13(15)10-9-12-6-2-3-8-14(12)15/h2-3,6,8-10,13,16H,4-5,7,11H2,1H3. The molecule has 0 aliphatic heterocycles. The second kappa shape index (κ2) is 3.74. The van der Waals surface area contributed by atoms with Crippen LogP contribution in [0.1, 0.15) is 36.8 Å². The van der Waals surface area contributed by atoms with Crippen molar-refractivity contribution in [1.82, 2.24) is 5.32 Å². The van der Waals surface area contributed by atoms with Crippen LogP contribution in [-0.2, 0) is 5.54 Å². The number of hydrogen-bond acceptors (Lipinski definition) is 1. The van der Waals surface area contributed by atoms with Crippen molar-refractivity contribution in [2.24, 2.45) is 5.92 Å². The van der Waals surface area contributed by atoms with E-state index in [1.54, 1.807) is 0 Å². The summed E-state index contributed by atoms with van der Waals surface area (Å²) in [4.78, 5) is 0. The van der Waals surface area contributed by atoms with Gasteiger partial charge in [0.15, 0.2) is 0 Å². The molecule has 1 aromatic carbocycles. The zero-order valence-electron chi connectivity index (χ0n) is 9.87. The third-order valence-electron chi connectivity index (χ3n) is 4.36. The van der Waals surface area contributed by atoms with Gasteiger partial charge in [-0.15, -0.1) is 0 Å². The smallest absolute Gasteiger partial charge is 0.0501 e. The monoisotopic (exact) mass is 213 g/mol. The van der Waals surface area contributed by atoms with Gasteiger partial charge >= 0.3 is 0 Å². The van der Waals surface area contributed by atoms with Gasteiger partial charge in [0, 0.05) is 0 Å². The highest BCUT2D eigenvalue weighted by atomic mass is 15.0. The van der Waals surface area contributed by atoms with Crippen LogP contribution in [-0.4, -0.2) is 7.05 Å². The summed E-state index contributed by atoms with van der Waals surface area (Å²) in [5, 5.41) is 3.62. The number of nitrogens with one attached hydrogen (secondary N) is 1. The van der Waals surface area contributed by atoms with Gasteiger partial charge in [0.2, 0.25) is 0 Å². The molecule has 1 fully saturated rings. The number of rotatable bonds is 1. The van der Waals surface area contributed by atoms with Gasteiger partial charge in [-0.05, 0) is 36.9 Å². The lowest BCUT2D eigenvalue weighted by molar-refractivity contribution is 0.185. The van der Waals surface area contributed by atoms with Crippen molar-refractivity contribution in [2.45, 2.75) is 31.2 Å². The van der Waals surface area contributed by atoms with Crippen LogP contribution in [0, 0.1) is 5.92 Å². The molecule has 0 heterocycles. The average Bonchev–Trinajstić information content (AvgIpc) is 2.38. The topological polar surface area (TPSA) is 12.0 Å². The van der Waals surface area contributed by atoms with E-state index in [1.807, 2.05) is 0 Å². The van der Waals surface area contributed by atoms with Gasteiger partial charge in [0.25, 0.3) is 0 Å². The largest absolute Gasteiger partial charge is 0.310 e. The van der Waals surface area contributed by atoms with E-state index in [2.05, 4.69) is 48.8 Å². The molecule has 0 aromatic heterocycles. The van der Waals surface area contributed by atoms with E-state index in [0.717, 1.165) is 0 Å². The van der Waals surface area contributed by atoms with Crippen LogP contribution in [0.25, 0.3) is 6.08 Å². The molecule has 84 valence electrons. The lowest BCUT2D eigenvalue weighted by atomic mass is 9.65. The lowest BCUT2D eigenvalue weighted by Crippen LogP contribution is -2.49. The van der Waals surface area contributed by atoms with Crippen LogP contribution in [0.2, 0.25) is 0 Å². The molecule has 2 unspecified atom stereocenters. The van der Waals surface area contributed by atoms with E-state index in [0.29, 0.717) is 5.92 Å². The van der Waals surface area contributed by atoms with Gasteiger partial charge in [0.05, 0.1) is 5.54 Å². The molecule has 0 saturated heterocycles. The van der Waals surface area contributed by atoms with E-state index in [-0.39, 0.29) is 5.54 Å². The summed E-state index contributed by atoms with van der Waals surface area (Å²) in [6.07, 6.45) is 10.0. The second-order valence-electron chi connectivity index (χ2n) is 5.02. The molecule has 0 bridgehead atoms. The molecular formula is C15H19N. The average molecular weight is 213 g/mol. The van der Waals surface area contributed by atoms with Crippen LogP contribution in [0.5, 0.6) is 0 Å². The molecule has 3 rings (SSSR count). The van der Waals surface area contributed by atoms with Gasteiger partial charge in [-0.3, -0.25) is 0 Å². The first-order chi connectivity index (χ1) is 7.87. The zero-order valence-corrected chi connectivity index (χ0v) is 9.87. The molecule has 1 aromatic rings. The van der Waals surface area contributed by atoms with Crippen molar-refractivity contribution in [1.29, 1.82) is 0 Å². The predicted octanol–water partition coefficient (Wildman–Crippen LogP) is 3.32. The summed E-state index contributed by atoms with van der Waals surface area (Å²) in [7, 11) is 2.12. The van der Waals surface area contributed by atoms with Crippen LogP contribution < -0.4 is 5.32 Å². The molecule has 16 heavy (non-hydrogen) atoms. The molecule has 1 nitrogen and oxygen atoms in total. The molecule has 2 atom stereocenters. The zero-order chi connectivity index (χ0) is 11.0. The Bertz CT molecular complexity index is 421. The Morgan fingerprint density at radius 2 is 2.12 bits per heavy atom. The molecule has 0 radical (unpaired) electrons. The van der Waals surface area contributed by atoms with E-state index < -0.39 is 0 Å². The van der Waals surface area contributed by atoms with Crippen molar-refractivity contribution in [2.75, 3.05) is 7.05 Å². The molecule has 2 aliphatic carbocycles. The van der Waals surface area contributed by atoms with Crippen molar-refractivity contribution < 1.29 is 0 Å². The molecule has 2 aliphatic rings. The Hall–Kier alpha value is -1.08. The second-order valence-corrected chi connectivity index (χ2v) is 5.02. The molecule has 1 saturated carbocycles. The van der Waals surface area contributed by atoms with Gasteiger partial charge in [-0.25, -0.2) is 0 Å². The SMILES string of the molecule is CNC12CCCCC1C=Cc1ccccc12. The summed E-state index contributed by atoms with van der Waals surface area (Å²) in [6.45, 7) is 0. The van der Waals surface area contributed by atoms with E-state index in [4.69, 9.17) is 0 Å². The van der Waals surface area contributed by atoms with Gasteiger partial charge in [0.1, 0.15) is 0 Å². The maximum absolute atomic E-state index is 3.62. The van der Waals surface area contributed by atoms with Crippen LogP contribution in [0.3, 0.4) is 0 Å². The first kappa shape index (κ1) is 10.1. The summed E-state index contributed by atoms with van der Waals surface area (Å²) >= 11 is 0. The fourth-order valence-corrected chi connectivity index (χ4v) is 3.51. The van der Waals surface area contributed by atoms with Crippen molar-refractivity contribution in [3.63, 3.8) is 0 Å². The number of hydrogen-bond donors (Lipinski definition) is 1. The van der Waals surface area contributed by atoms with Gasteiger partial charge in [-0.1, -0.05) is 49.3 Å². The first-order valence-corrected chi connectivity index (χ1v) is 6.33. The van der Waals surface area contributed by atoms with Crippen LogP contribution in [0.4, 0.5) is 0 Å². The van der Waals surface area contributed by atoms with E-state index in [1.165, 1.54) is 36.8 Å². The quantitative estimate of drug-likeness (QED) is 0.754. The predicted molar refractivity (Wildman–Crippen MR) is 68.2 cm³/mol. The van der Waals surface area contributed by atoms with Crippen molar-refractivity contribution in [3.8, 4) is 0 Å². The minimum Gasteiger partial charge on any atom is -0.310 e. The normalized spacial score (nSPS) is 31.9. The third kappa shape index (κ3) is 1.28. The molecule has 1 N–H and O–H groups in total. The van der Waals surface area contributed by atoms with Crippen molar-refractivity contribution >= 4 is 6.08 Å². The van der Waals surface area contributed by atoms with Crippen LogP contribution >= 0.6 is 0 Å². The Labute approximate surface area is 97.6 Å². The minimum absolute atomic E-state index is 0.212. The van der Waals surface area contributed by atoms with E-state index in [9.17, 15) is 0 Å². The molecule has 0 amide bonds. The highest BCUT2D eigenvalue weighted by Crippen LogP contribution is 2.46. The summed E-state index contributed by atoms with van der Waals surface area (Å²) in [5.74, 6) is 0.682. The van der Waals surface area contributed by atoms with Crippen molar-refractivity contribution in [3.05, 3.63) is 41.5 Å². The highest BCUT2D eigenvalue weighted by Gasteiger charge is 2.42. The Kier molecular flexibility index (Phi) is 2.36. The Morgan fingerprint density at radius 3 is 3.00 bits per heavy atom. The summed E-state index contributed by atoms with van der Waals surface area (Å²) in [6, 6.07) is 8.84. The van der Waals surface area contributed by atoms with Gasteiger partial charge < -0.3 is 5.32 Å². The Morgan fingerprint density at radius 1 is 1.25 bits per heavy atom. The number of benzene rings is 1. The maximum Gasteiger partial charge on any atom is 0.0501 e. The fraction of sp³-hybridized carbons (Fsp3) is 0.467. The van der Waals surface area contributed by atoms with Gasteiger partial charge in [-0.2, -0.15) is 0 Å². The molecular weight excluding hydrogens is 194 g/mol. The fourth-order valence-electron chi connectivity index (χ4n) is 3.51. The van der Waals surface area contributed by atoms with E-state index >= 15 is 0 Å². The third-order valence-corrected chi connectivity index (χ3v) is 4.36. The first-order valence-electron chi connectivity index (χ1n) is 6.33. The number of fused-ring (bicyclic) bond motifs is 3. The van der Waals surface area contributed by atoms with Crippen LogP contribution in [0.15, 0.2) is 30.3 Å².